The molecule has 2 amide bonds. The maximum absolute atomic E-state index is 13.9. The van der Waals surface area contributed by atoms with Crippen LogP contribution in [0.4, 0.5) is 9.18 Å². The zero-order chi connectivity index (χ0) is 21.1. The number of carbonyl (C=O) groups excluding carboxylic acids is 1. The Bertz CT molecular complexity index is 963. The Morgan fingerprint density at radius 2 is 2.17 bits per heavy atom. The predicted molar refractivity (Wildman–Crippen MR) is 114 cm³/mol. The van der Waals surface area contributed by atoms with Gasteiger partial charge in [0.2, 0.25) is 0 Å². The van der Waals surface area contributed by atoms with Crippen LogP contribution in [0.2, 0.25) is 0 Å². The van der Waals surface area contributed by atoms with E-state index in [2.05, 4.69) is 11.9 Å². The van der Waals surface area contributed by atoms with Crippen molar-refractivity contribution in [1.82, 2.24) is 15.2 Å². The number of rotatable bonds is 6. The van der Waals surface area contributed by atoms with Crippen molar-refractivity contribution in [2.45, 2.75) is 6.04 Å². The molecule has 30 heavy (non-hydrogen) atoms. The van der Waals surface area contributed by atoms with Crippen molar-refractivity contribution < 1.29 is 13.9 Å². The van der Waals surface area contributed by atoms with E-state index in [4.69, 9.17) is 9.84 Å². The summed E-state index contributed by atoms with van der Waals surface area (Å²) >= 11 is 0. The highest BCUT2D eigenvalue weighted by atomic mass is 19.1. The second-order valence-corrected chi connectivity index (χ2v) is 7.44. The number of amides is 2. The minimum Gasteiger partial charge on any atom is -0.492 e. The van der Waals surface area contributed by atoms with Gasteiger partial charge in [-0.05, 0) is 23.8 Å². The summed E-state index contributed by atoms with van der Waals surface area (Å²) in [4.78, 5) is 14.9. The normalized spacial score (nSPS) is 19.4. The molecule has 0 radical (unpaired) electrons. The Morgan fingerprint density at radius 3 is 2.93 bits per heavy atom. The molecule has 0 bridgehead atoms. The molecule has 2 aromatic carbocycles. The van der Waals surface area contributed by atoms with Crippen molar-refractivity contribution in [3.05, 3.63) is 78.1 Å². The molecule has 0 saturated heterocycles. The molecule has 2 heterocycles. The molecule has 2 atom stereocenters. The summed E-state index contributed by atoms with van der Waals surface area (Å²) in [5.41, 5.74) is 2.27. The number of halogens is 1. The highest BCUT2D eigenvalue weighted by Gasteiger charge is 2.45. The van der Waals surface area contributed by atoms with E-state index in [0.29, 0.717) is 43.3 Å². The van der Waals surface area contributed by atoms with E-state index in [0.717, 1.165) is 5.56 Å². The third-order valence-corrected chi connectivity index (χ3v) is 5.42. The molecule has 0 fully saturated rings. The molecule has 2 unspecified atom stereocenters. The van der Waals surface area contributed by atoms with Crippen molar-refractivity contribution in [2.75, 3.05) is 33.3 Å². The number of ether oxygens (including phenoxy) is 1. The first-order valence-electron chi connectivity index (χ1n) is 10.0. The quantitative estimate of drug-likeness (QED) is 0.589. The van der Waals surface area contributed by atoms with Gasteiger partial charge < -0.3 is 15.0 Å². The van der Waals surface area contributed by atoms with Crippen LogP contribution in [-0.4, -0.2) is 54.9 Å². The van der Waals surface area contributed by atoms with Crippen LogP contribution in [0.25, 0.3) is 0 Å². The van der Waals surface area contributed by atoms with Gasteiger partial charge in [0.25, 0.3) is 0 Å². The number of nitrogens with zero attached hydrogens (tertiary/aromatic N) is 3. The topological polar surface area (TPSA) is 57.2 Å². The Labute approximate surface area is 175 Å². The number of likely N-dealkylation sites (N-methyl/N-ethyl adjacent to an activating group) is 1. The number of carbonyl (C=O) groups is 1. The van der Waals surface area contributed by atoms with E-state index < -0.39 is 0 Å². The second kappa shape index (κ2) is 8.67. The van der Waals surface area contributed by atoms with Crippen LogP contribution < -0.4 is 10.1 Å². The largest absolute Gasteiger partial charge is 0.492 e. The zero-order valence-corrected chi connectivity index (χ0v) is 16.9. The number of fused-ring (bicyclic) bond motifs is 3. The van der Waals surface area contributed by atoms with Gasteiger partial charge in [-0.3, -0.25) is 0 Å². The summed E-state index contributed by atoms with van der Waals surface area (Å²) in [6.45, 7) is 5.92. The predicted octanol–water partition coefficient (Wildman–Crippen LogP) is 3.42. The molecule has 1 N–H and O–H groups in total. The Morgan fingerprint density at radius 1 is 1.37 bits per heavy atom. The highest BCUT2D eigenvalue weighted by Crippen LogP contribution is 2.42. The van der Waals surface area contributed by atoms with Gasteiger partial charge in [-0.2, -0.15) is 5.10 Å². The summed E-state index contributed by atoms with van der Waals surface area (Å²) in [7, 11) is 1.76. The van der Waals surface area contributed by atoms with Crippen LogP contribution in [0, 0.1) is 11.7 Å². The molecule has 2 aliphatic heterocycles. The number of hydrogen-bond acceptors (Lipinski definition) is 4. The average Bonchev–Trinajstić information content (AvgIpc) is 3.16. The van der Waals surface area contributed by atoms with Gasteiger partial charge in [-0.25, -0.2) is 14.2 Å². The van der Waals surface area contributed by atoms with Gasteiger partial charge >= 0.3 is 6.03 Å². The lowest BCUT2D eigenvalue weighted by molar-refractivity contribution is 0.133. The van der Waals surface area contributed by atoms with Crippen molar-refractivity contribution in [3.63, 3.8) is 0 Å². The van der Waals surface area contributed by atoms with E-state index in [1.54, 1.807) is 24.1 Å². The lowest BCUT2D eigenvalue weighted by Gasteiger charge is -2.31. The summed E-state index contributed by atoms with van der Waals surface area (Å²) in [6, 6.07) is 13.7. The molecule has 2 aromatic rings. The van der Waals surface area contributed by atoms with Crippen LogP contribution in [0.5, 0.6) is 5.75 Å². The Kier molecular flexibility index (Phi) is 5.81. The number of urea groups is 1. The maximum Gasteiger partial charge on any atom is 0.340 e. The smallest absolute Gasteiger partial charge is 0.340 e. The van der Waals surface area contributed by atoms with E-state index >= 15 is 0 Å². The number of benzene rings is 2. The van der Waals surface area contributed by atoms with Crippen LogP contribution >= 0.6 is 0 Å². The lowest BCUT2D eigenvalue weighted by atomic mass is 9.86. The molecule has 2 aliphatic rings. The van der Waals surface area contributed by atoms with Gasteiger partial charge in [0, 0.05) is 32.2 Å². The number of nitrogens with one attached hydrogen (secondary N) is 1. The van der Waals surface area contributed by atoms with E-state index in [9.17, 15) is 9.18 Å². The standard InChI is InChI=1S/C23H25FN4O2/c1-3-11-25-12-13-27(2)23(29)28-22(16-7-5-4-6-8-16)19-15-30-20-10-9-17(24)14-18(20)21(19)26-28/h3-10,14,19,22,25H,1,11-13,15H2,2H3. The first kappa shape index (κ1) is 20.1. The van der Waals surface area contributed by atoms with Gasteiger partial charge in [0.15, 0.2) is 0 Å². The fourth-order valence-electron chi connectivity index (χ4n) is 3.91. The van der Waals surface area contributed by atoms with Crippen molar-refractivity contribution in [2.24, 2.45) is 11.0 Å². The highest BCUT2D eigenvalue weighted by molar-refractivity contribution is 6.07. The van der Waals surface area contributed by atoms with Gasteiger partial charge in [-0.1, -0.05) is 36.4 Å². The monoisotopic (exact) mass is 408 g/mol. The zero-order valence-electron chi connectivity index (χ0n) is 16.9. The Hall–Kier alpha value is -3.19. The first-order chi connectivity index (χ1) is 14.6. The molecule has 4 rings (SSSR count). The van der Waals surface area contributed by atoms with Gasteiger partial charge in [-0.15, -0.1) is 6.58 Å². The number of hydrogen-bond donors (Lipinski definition) is 1. The van der Waals surface area contributed by atoms with E-state index in [1.165, 1.54) is 17.1 Å². The van der Waals surface area contributed by atoms with Gasteiger partial charge in [0.05, 0.1) is 24.3 Å². The molecule has 6 nitrogen and oxygen atoms in total. The SMILES string of the molecule is C=CCNCCN(C)C(=O)N1N=C2c3cc(F)ccc3OCC2C1c1ccccc1. The lowest BCUT2D eigenvalue weighted by Crippen LogP contribution is -2.43. The van der Waals surface area contributed by atoms with Crippen LogP contribution in [0.15, 0.2) is 66.3 Å². The molecule has 7 heteroatoms. The second-order valence-electron chi connectivity index (χ2n) is 7.44. The van der Waals surface area contributed by atoms with Crippen LogP contribution in [-0.2, 0) is 0 Å². The van der Waals surface area contributed by atoms with E-state index in [1.807, 2.05) is 30.3 Å². The average molecular weight is 408 g/mol. The third kappa shape index (κ3) is 3.80. The van der Waals surface area contributed by atoms with Crippen LogP contribution in [0.1, 0.15) is 17.2 Å². The molecule has 156 valence electrons. The Balaban J connectivity index is 1.66. The summed E-state index contributed by atoms with van der Waals surface area (Å²) in [5, 5.41) is 9.41. The minimum atomic E-state index is -0.354. The van der Waals surface area contributed by atoms with Crippen molar-refractivity contribution in [1.29, 1.82) is 0 Å². The first-order valence-corrected chi connectivity index (χ1v) is 10.0. The molecule has 0 spiro atoms. The molecular formula is C23H25FN4O2. The fraction of sp³-hybridized carbons (Fsp3) is 0.304. The molecule has 0 aliphatic carbocycles. The summed E-state index contributed by atoms with van der Waals surface area (Å²) < 4.78 is 19.9. The molecular weight excluding hydrogens is 383 g/mol. The van der Waals surface area contributed by atoms with Crippen molar-refractivity contribution in [3.8, 4) is 5.75 Å². The fourth-order valence-corrected chi connectivity index (χ4v) is 3.91. The van der Waals surface area contributed by atoms with Gasteiger partial charge in [0.1, 0.15) is 11.6 Å². The van der Waals surface area contributed by atoms with Crippen LogP contribution in [0.3, 0.4) is 0 Å². The van der Waals surface area contributed by atoms with Crippen molar-refractivity contribution >= 4 is 11.7 Å². The summed E-state index contributed by atoms with van der Waals surface area (Å²) in [5.74, 6) is 0.0691. The third-order valence-electron chi connectivity index (χ3n) is 5.42. The molecule has 0 aromatic heterocycles. The van der Waals surface area contributed by atoms with E-state index in [-0.39, 0.29) is 23.8 Å². The minimum absolute atomic E-state index is 0.169. The number of hydrazone groups is 1. The molecule has 0 saturated carbocycles. The summed E-state index contributed by atoms with van der Waals surface area (Å²) in [6.07, 6.45) is 1.78. The maximum atomic E-state index is 13.9.